The third-order valence-corrected chi connectivity index (χ3v) is 2.79. The summed E-state index contributed by atoms with van der Waals surface area (Å²) < 4.78 is 0. The van der Waals surface area contributed by atoms with Crippen LogP contribution in [0.5, 0.6) is 0 Å². The molecular weight excluding hydrogens is 226 g/mol. The van der Waals surface area contributed by atoms with Crippen LogP contribution in [0.25, 0.3) is 0 Å². The molecule has 0 bridgehead atoms. The zero-order valence-electron chi connectivity index (χ0n) is 8.47. The highest BCUT2D eigenvalue weighted by atomic mass is 32.1. The van der Waals surface area contributed by atoms with Gasteiger partial charge in [0.05, 0.1) is 0 Å². The van der Waals surface area contributed by atoms with Crippen LogP contribution in [0.3, 0.4) is 0 Å². The Morgan fingerprint density at radius 1 is 1.50 bits per heavy atom. The van der Waals surface area contributed by atoms with Crippen molar-refractivity contribution in [3.63, 3.8) is 0 Å². The van der Waals surface area contributed by atoms with Crippen molar-refractivity contribution in [3.05, 3.63) is 35.0 Å². The normalized spacial score (nSPS) is 10.1. The Morgan fingerprint density at radius 3 is 2.88 bits per heavy atom. The van der Waals surface area contributed by atoms with Gasteiger partial charge in [0.2, 0.25) is 0 Å². The molecule has 2 heterocycles. The summed E-state index contributed by atoms with van der Waals surface area (Å²) in [7, 11) is 0. The topological polar surface area (TPSA) is 75.1 Å². The minimum absolute atomic E-state index is 0.0865. The van der Waals surface area contributed by atoms with E-state index in [0.717, 1.165) is 0 Å². The standard InChI is InChI=1S/C10H9N3O2S/c1-6-8(9(14)15)13-10(16-6)12-7-4-2-3-5-11-7/h2-5H,1H3,(H,14,15)(H,11,12,13). The SMILES string of the molecule is Cc1sc(Nc2ccccn2)nc1C(=O)O. The van der Waals surface area contributed by atoms with Crippen LogP contribution >= 0.6 is 11.3 Å². The number of hydrogen-bond donors (Lipinski definition) is 2. The van der Waals surface area contributed by atoms with Crippen molar-refractivity contribution in [3.8, 4) is 0 Å². The summed E-state index contributed by atoms with van der Waals surface area (Å²) in [6.07, 6.45) is 1.65. The minimum atomic E-state index is -1.01. The zero-order valence-corrected chi connectivity index (χ0v) is 9.28. The van der Waals surface area contributed by atoms with Crippen LogP contribution in [0.2, 0.25) is 0 Å². The fraction of sp³-hybridized carbons (Fsp3) is 0.100. The van der Waals surface area contributed by atoms with Crippen molar-refractivity contribution in [1.29, 1.82) is 0 Å². The van der Waals surface area contributed by atoms with Crippen LogP contribution in [0.1, 0.15) is 15.4 Å². The molecule has 0 aliphatic rings. The number of hydrogen-bond acceptors (Lipinski definition) is 5. The number of thiazole rings is 1. The summed E-state index contributed by atoms with van der Waals surface area (Å²) in [4.78, 5) is 19.5. The number of aromatic carboxylic acids is 1. The van der Waals surface area contributed by atoms with Crippen LogP contribution in [-0.4, -0.2) is 21.0 Å². The van der Waals surface area contributed by atoms with Gasteiger partial charge in [-0.2, -0.15) is 0 Å². The number of carboxylic acids is 1. The molecule has 0 aromatic carbocycles. The van der Waals surface area contributed by atoms with Gasteiger partial charge in [-0.25, -0.2) is 14.8 Å². The third-order valence-electron chi connectivity index (χ3n) is 1.90. The summed E-state index contributed by atoms with van der Waals surface area (Å²) in [5.74, 6) is -0.365. The lowest BCUT2D eigenvalue weighted by atomic mass is 10.4. The van der Waals surface area contributed by atoms with E-state index in [1.54, 1.807) is 25.3 Å². The monoisotopic (exact) mass is 235 g/mol. The summed E-state index contributed by atoms with van der Waals surface area (Å²) in [6.45, 7) is 1.73. The third kappa shape index (κ3) is 2.17. The Labute approximate surface area is 95.8 Å². The van der Waals surface area contributed by atoms with E-state index >= 15 is 0 Å². The second-order valence-electron chi connectivity index (χ2n) is 3.07. The lowest BCUT2D eigenvalue weighted by Gasteiger charge is -1.98. The molecule has 0 aliphatic heterocycles. The highest BCUT2D eigenvalue weighted by Gasteiger charge is 2.13. The maximum absolute atomic E-state index is 10.8. The predicted molar refractivity (Wildman–Crippen MR) is 61.3 cm³/mol. The number of nitrogens with zero attached hydrogens (tertiary/aromatic N) is 2. The number of carbonyl (C=O) groups is 1. The van der Waals surface area contributed by atoms with E-state index in [1.165, 1.54) is 11.3 Å². The van der Waals surface area contributed by atoms with Gasteiger partial charge in [0, 0.05) is 11.1 Å². The lowest BCUT2D eigenvalue weighted by molar-refractivity contribution is 0.0690. The first-order valence-corrected chi connectivity index (χ1v) is 5.37. The molecule has 2 aromatic rings. The predicted octanol–water partition coefficient (Wildman–Crippen LogP) is 2.29. The first-order valence-electron chi connectivity index (χ1n) is 4.55. The lowest BCUT2D eigenvalue weighted by Crippen LogP contribution is -1.99. The molecule has 0 atom stereocenters. The van der Waals surface area contributed by atoms with Gasteiger partial charge >= 0.3 is 5.97 Å². The minimum Gasteiger partial charge on any atom is -0.476 e. The van der Waals surface area contributed by atoms with Crippen molar-refractivity contribution in [2.75, 3.05) is 5.32 Å². The van der Waals surface area contributed by atoms with E-state index in [0.29, 0.717) is 15.8 Å². The molecule has 0 spiro atoms. The van der Waals surface area contributed by atoms with Crippen LogP contribution < -0.4 is 5.32 Å². The van der Waals surface area contributed by atoms with E-state index in [9.17, 15) is 4.79 Å². The van der Waals surface area contributed by atoms with Crippen molar-refractivity contribution >= 4 is 28.3 Å². The molecule has 0 amide bonds. The van der Waals surface area contributed by atoms with Crippen LogP contribution in [0.15, 0.2) is 24.4 Å². The number of pyridine rings is 1. The molecular formula is C10H9N3O2S. The zero-order chi connectivity index (χ0) is 11.5. The molecule has 82 valence electrons. The second kappa shape index (κ2) is 4.28. The summed E-state index contributed by atoms with van der Waals surface area (Å²) in [5, 5.41) is 12.3. The van der Waals surface area contributed by atoms with Gasteiger partial charge in [0.25, 0.3) is 0 Å². The Morgan fingerprint density at radius 2 is 2.31 bits per heavy atom. The van der Waals surface area contributed by atoms with Crippen LogP contribution in [0.4, 0.5) is 10.9 Å². The number of anilines is 2. The molecule has 0 radical (unpaired) electrons. The van der Waals surface area contributed by atoms with E-state index < -0.39 is 5.97 Å². The summed E-state index contributed by atoms with van der Waals surface area (Å²) in [5.41, 5.74) is 0.0865. The molecule has 6 heteroatoms. The van der Waals surface area contributed by atoms with Gasteiger partial charge in [-0.1, -0.05) is 6.07 Å². The molecule has 0 saturated carbocycles. The van der Waals surface area contributed by atoms with E-state index in [1.807, 2.05) is 6.07 Å². The van der Waals surface area contributed by atoms with Gasteiger partial charge in [-0.15, -0.1) is 11.3 Å². The molecule has 5 nitrogen and oxygen atoms in total. The maximum atomic E-state index is 10.8. The molecule has 0 saturated heterocycles. The highest BCUT2D eigenvalue weighted by Crippen LogP contribution is 2.24. The van der Waals surface area contributed by atoms with Crippen LogP contribution in [-0.2, 0) is 0 Å². The molecule has 16 heavy (non-hydrogen) atoms. The number of carboxylic acid groups (broad SMARTS) is 1. The van der Waals surface area contributed by atoms with Gasteiger partial charge in [0.15, 0.2) is 10.8 Å². The number of aryl methyl sites for hydroxylation is 1. The van der Waals surface area contributed by atoms with Crippen molar-refractivity contribution in [2.45, 2.75) is 6.92 Å². The van der Waals surface area contributed by atoms with Crippen LogP contribution in [0, 0.1) is 6.92 Å². The van der Waals surface area contributed by atoms with Crippen molar-refractivity contribution < 1.29 is 9.90 Å². The maximum Gasteiger partial charge on any atom is 0.355 e. The Bertz CT molecular complexity index is 510. The van der Waals surface area contributed by atoms with Gasteiger partial charge in [0.1, 0.15) is 5.82 Å². The largest absolute Gasteiger partial charge is 0.476 e. The van der Waals surface area contributed by atoms with E-state index in [4.69, 9.17) is 5.11 Å². The number of rotatable bonds is 3. The Balaban J connectivity index is 2.23. The molecule has 0 fully saturated rings. The molecule has 0 aliphatic carbocycles. The van der Waals surface area contributed by atoms with Crippen molar-refractivity contribution in [1.82, 2.24) is 9.97 Å². The fourth-order valence-electron chi connectivity index (χ4n) is 1.19. The van der Waals surface area contributed by atoms with Gasteiger partial charge < -0.3 is 10.4 Å². The summed E-state index contributed by atoms with van der Waals surface area (Å²) in [6, 6.07) is 5.44. The molecule has 2 aromatic heterocycles. The molecule has 2 N–H and O–H groups in total. The number of aromatic nitrogens is 2. The van der Waals surface area contributed by atoms with Gasteiger partial charge in [-0.3, -0.25) is 0 Å². The quantitative estimate of drug-likeness (QED) is 0.853. The second-order valence-corrected chi connectivity index (χ2v) is 4.27. The first-order chi connectivity index (χ1) is 7.66. The first kappa shape index (κ1) is 10.6. The number of nitrogens with one attached hydrogen (secondary N) is 1. The van der Waals surface area contributed by atoms with E-state index in [-0.39, 0.29) is 5.69 Å². The summed E-state index contributed by atoms with van der Waals surface area (Å²) >= 11 is 1.29. The Kier molecular flexibility index (Phi) is 2.82. The van der Waals surface area contributed by atoms with Crippen molar-refractivity contribution in [2.24, 2.45) is 0 Å². The average molecular weight is 235 g/mol. The molecule has 2 rings (SSSR count). The Hall–Kier alpha value is -1.95. The smallest absolute Gasteiger partial charge is 0.355 e. The highest BCUT2D eigenvalue weighted by molar-refractivity contribution is 7.15. The fourth-order valence-corrected chi connectivity index (χ4v) is 2.01. The molecule has 0 unspecified atom stereocenters. The van der Waals surface area contributed by atoms with Gasteiger partial charge in [-0.05, 0) is 19.1 Å². The average Bonchev–Trinajstić information content (AvgIpc) is 2.61. The van der Waals surface area contributed by atoms with E-state index in [2.05, 4.69) is 15.3 Å².